The zero-order chi connectivity index (χ0) is 15.1. The Morgan fingerprint density at radius 2 is 2.14 bits per heavy atom. The molecule has 0 spiro atoms. The van der Waals surface area contributed by atoms with E-state index in [1.807, 2.05) is 18.7 Å². The van der Waals surface area contributed by atoms with E-state index < -0.39 is 0 Å². The lowest BCUT2D eigenvalue weighted by molar-refractivity contribution is -0.122. The topological polar surface area (TPSA) is 59.8 Å². The molecule has 0 radical (unpaired) electrons. The van der Waals surface area contributed by atoms with Crippen LogP contribution in [0.5, 0.6) is 0 Å². The molecule has 1 atom stereocenters. The van der Waals surface area contributed by atoms with Crippen molar-refractivity contribution in [2.45, 2.75) is 37.8 Å². The van der Waals surface area contributed by atoms with Crippen molar-refractivity contribution in [3.05, 3.63) is 42.5 Å². The lowest BCUT2D eigenvalue weighted by atomic mass is 10.1. The van der Waals surface area contributed by atoms with E-state index in [4.69, 9.17) is 0 Å². The van der Waals surface area contributed by atoms with E-state index in [2.05, 4.69) is 46.6 Å². The van der Waals surface area contributed by atoms with Gasteiger partial charge in [-0.1, -0.05) is 19.1 Å². The van der Waals surface area contributed by atoms with Gasteiger partial charge in [0.15, 0.2) is 0 Å². The summed E-state index contributed by atoms with van der Waals surface area (Å²) in [6, 6.07) is 8.35. The van der Waals surface area contributed by atoms with E-state index in [9.17, 15) is 4.79 Å². The van der Waals surface area contributed by atoms with Crippen LogP contribution in [-0.2, 0) is 11.3 Å². The van der Waals surface area contributed by atoms with Gasteiger partial charge in [-0.05, 0) is 30.4 Å². The van der Waals surface area contributed by atoms with Gasteiger partial charge in [0, 0.05) is 11.3 Å². The maximum Gasteiger partial charge on any atom is 0.222 e. The van der Waals surface area contributed by atoms with Crippen LogP contribution in [0.25, 0.3) is 0 Å². The van der Waals surface area contributed by atoms with E-state index in [0.717, 1.165) is 11.3 Å². The van der Waals surface area contributed by atoms with Crippen LogP contribution in [0, 0.1) is 0 Å². The second kappa shape index (κ2) is 7.83. The van der Waals surface area contributed by atoms with Crippen molar-refractivity contribution in [1.82, 2.24) is 20.1 Å². The Morgan fingerprint density at radius 3 is 2.76 bits per heavy atom. The largest absolute Gasteiger partial charge is 0.350 e. The van der Waals surface area contributed by atoms with Crippen molar-refractivity contribution in [2.75, 3.05) is 5.75 Å². The van der Waals surface area contributed by atoms with Gasteiger partial charge in [0.05, 0.1) is 12.6 Å². The summed E-state index contributed by atoms with van der Waals surface area (Å²) in [5.41, 5.74) is 1.12. The monoisotopic (exact) mass is 304 g/mol. The molecule has 0 aliphatic carbocycles. The van der Waals surface area contributed by atoms with Gasteiger partial charge in [0.2, 0.25) is 5.91 Å². The molecule has 112 valence electrons. The maximum atomic E-state index is 11.9. The third-order valence-corrected chi connectivity index (χ3v) is 4.00. The molecule has 2 rings (SSSR count). The zero-order valence-corrected chi connectivity index (χ0v) is 13.1. The standard InChI is InChI=1S/C15H20N4OS/c1-3-21-14-6-4-13(5-7-14)12(2)18-15(20)8-9-19-11-16-10-17-19/h4-7,10-12H,3,8-9H2,1-2H3,(H,18,20)/t12-/m0/s1. The zero-order valence-electron chi connectivity index (χ0n) is 12.3. The molecule has 2 aromatic rings. The molecule has 0 unspecified atom stereocenters. The molecule has 0 bridgehead atoms. The number of aromatic nitrogens is 3. The molecule has 1 N–H and O–H groups in total. The molecule has 0 saturated heterocycles. The number of amides is 1. The number of nitrogens with zero attached hydrogens (tertiary/aromatic N) is 3. The molecule has 1 aromatic carbocycles. The molecule has 0 fully saturated rings. The Hall–Kier alpha value is -1.82. The summed E-state index contributed by atoms with van der Waals surface area (Å²) in [6.45, 7) is 4.68. The molecule has 6 heteroatoms. The van der Waals surface area contributed by atoms with Crippen molar-refractivity contribution in [3.63, 3.8) is 0 Å². The van der Waals surface area contributed by atoms with Crippen LogP contribution in [0.15, 0.2) is 41.8 Å². The highest BCUT2D eigenvalue weighted by Gasteiger charge is 2.09. The van der Waals surface area contributed by atoms with Crippen molar-refractivity contribution >= 4 is 17.7 Å². The fourth-order valence-corrected chi connectivity index (χ4v) is 2.64. The first-order valence-corrected chi connectivity index (χ1v) is 8.02. The van der Waals surface area contributed by atoms with Crippen molar-refractivity contribution in [2.24, 2.45) is 0 Å². The first-order valence-electron chi connectivity index (χ1n) is 7.03. The average molecular weight is 304 g/mol. The second-order valence-corrected chi connectivity index (χ2v) is 6.04. The van der Waals surface area contributed by atoms with Gasteiger partial charge < -0.3 is 5.32 Å². The molecule has 0 saturated carbocycles. The van der Waals surface area contributed by atoms with Crippen LogP contribution in [-0.4, -0.2) is 26.4 Å². The number of aryl methyl sites for hydroxylation is 1. The Labute approximate surface area is 129 Å². The number of carbonyl (C=O) groups excluding carboxylic acids is 1. The quantitative estimate of drug-likeness (QED) is 0.799. The summed E-state index contributed by atoms with van der Waals surface area (Å²) in [7, 11) is 0. The number of hydrogen-bond acceptors (Lipinski definition) is 4. The Morgan fingerprint density at radius 1 is 1.38 bits per heavy atom. The van der Waals surface area contributed by atoms with Gasteiger partial charge in [0.1, 0.15) is 12.7 Å². The first-order chi connectivity index (χ1) is 10.2. The summed E-state index contributed by atoms with van der Waals surface area (Å²) in [5, 5.41) is 6.98. The van der Waals surface area contributed by atoms with Gasteiger partial charge in [-0.2, -0.15) is 5.10 Å². The molecule has 1 amide bonds. The third-order valence-electron chi connectivity index (χ3n) is 3.10. The van der Waals surface area contributed by atoms with E-state index in [-0.39, 0.29) is 11.9 Å². The minimum Gasteiger partial charge on any atom is -0.350 e. The molecule has 21 heavy (non-hydrogen) atoms. The second-order valence-electron chi connectivity index (χ2n) is 4.70. The third kappa shape index (κ3) is 4.90. The fourth-order valence-electron chi connectivity index (χ4n) is 1.98. The summed E-state index contributed by atoms with van der Waals surface area (Å²) in [6.07, 6.45) is 3.48. The molecule has 0 aliphatic heterocycles. The Bertz CT molecular complexity index is 554. The molecule has 5 nitrogen and oxygen atoms in total. The van der Waals surface area contributed by atoms with Crippen LogP contribution in [0.2, 0.25) is 0 Å². The van der Waals surface area contributed by atoms with Crippen molar-refractivity contribution in [1.29, 1.82) is 0 Å². The minimum atomic E-state index is 0.00826. The number of thioether (sulfide) groups is 1. The highest BCUT2D eigenvalue weighted by atomic mass is 32.2. The van der Waals surface area contributed by atoms with Gasteiger partial charge >= 0.3 is 0 Å². The summed E-state index contributed by atoms with van der Waals surface area (Å²) < 4.78 is 1.65. The van der Waals surface area contributed by atoms with Gasteiger partial charge in [-0.3, -0.25) is 9.48 Å². The number of nitrogens with one attached hydrogen (secondary N) is 1. The molecule has 1 aromatic heterocycles. The lowest BCUT2D eigenvalue weighted by Gasteiger charge is -2.14. The van der Waals surface area contributed by atoms with Crippen LogP contribution >= 0.6 is 11.8 Å². The summed E-state index contributed by atoms with van der Waals surface area (Å²) >= 11 is 1.81. The van der Waals surface area contributed by atoms with Crippen molar-refractivity contribution in [3.8, 4) is 0 Å². The van der Waals surface area contributed by atoms with Gasteiger partial charge in [-0.25, -0.2) is 4.98 Å². The smallest absolute Gasteiger partial charge is 0.222 e. The van der Waals surface area contributed by atoms with Gasteiger partial charge in [0.25, 0.3) is 0 Å². The van der Waals surface area contributed by atoms with Crippen LogP contribution < -0.4 is 5.32 Å². The molecular formula is C15H20N4OS. The Kier molecular flexibility index (Phi) is 5.80. The Balaban J connectivity index is 1.82. The highest BCUT2D eigenvalue weighted by molar-refractivity contribution is 7.99. The average Bonchev–Trinajstić information content (AvgIpc) is 2.99. The predicted molar refractivity (Wildman–Crippen MR) is 84.0 cm³/mol. The van der Waals surface area contributed by atoms with E-state index in [0.29, 0.717) is 13.0 Å². The lowest BCUT2D eigenvalue weighted by Crippen LogP contribution is -2.27. The number of benzene rings is 1. The van der Waals surface area contributed by atoms with Gasteiger partial charge in [-0.15, -0.1) is 11.8 Å². The highest BCUT2D eigenvalue weighted by Crippen LogP contribution is 2.20. The normalized spacial score (nSPS) is 12.1. The molecule has 1 heterocycles. The van der Waals surface area contributed by atoms with E-state index in [1.165, 1.54) is 11.2 Å². The predicted octanol–water partition coefficient (Wildman–Crippen LogP) is 2.66. The van der Waals surface area contributed by atoms with Crippen LogP contribution in [0.4, 0.5) is 0 Å². The fraction of sp³-hybridized carbons (Fsp3) is 0.400. The summed E-state index contributed by atoms with van der Waals surface area (Å²) in [4.78, 5) is 17.0. The maximum absolute atomic E-state index is 11.9. The van der Waals surface area contributed by atoms with E-state index in [1.54, 1.807) is 11.0 Å². The SMILES string of the molecule is CCSc1ccc([C@H](C)NC(=O)CCn2cncn2)cc1. The van der Waals surface area contributed by atoms with Crippen molar-refractivity contribution < 1.29 is 4.79 Å². The minimum absolute atomic E-state index is 0.00826. The van der Waals surface area contributed by atoms with E-state index >= 15 is 0 Å². The molecular weight excluding hydrogens is 284 g/mol. The number of hydrogen-bond donors (Lipinski definition) is 1. The van der Waals surface area contributed by atoms with Crippen LogP contribution in [0.1, 0.15) is 31.9 Å². The number of carbonyl (C=O) groups is 1. The number of rotatable bonds is 7. The molecule has 0 aliphatic rings. The summed E-state index contributed by atoms with van der Waals surface area (Å²) in [5.74, 6) is 1.08. The first kappa shape index (κ1) is 15.6. The van der Waals surface area contributed by atoms with Crippen LogP contribution in [0.3, 0.4) is 0 Å².